The number of aromatic nitrogens is 8. The van der Waals surface area contributed by atoms with Crippen LogP contribution in [0.25, 0.3) is 10.9 Å². The van der Waals surface area contributed by atoms with Gasteiger partial charge in [-0.15, -0.1) is 0 Å². The van der Waals surface area contributed by atoms with E-state index in [1.54, 1.807) is 36.1 Å². The summed E-state index contributed by atoms with van der Waals surface area (Å²) in [7, 11) is 1.74. The Labute approximate surface area is 291 Å². The van der Waals surface area contributed by atoms with Crippen LogP contribution in [0.3, 0.4) is 0 Å². The van der Waals surface area contributed by atoms with Crippen LogP contribution in [0.4, 0.5) is 24.8 Å². The normalized spacial score (nSPS) is 11.4. The molecule has 6 aromatic rings. The highest BCUT2D eigenvalue weighted by atomic mass is 35.5. The molecule has 0 aliphatic carbocycles. The van der Waals surface area contributed by atoms with Crippen molar-refractivity contribution in [1.82, 2.24) is 38.7 Å². The number of benzene rings is 3. The molecule has 0 atom stereocenters. The first-order chi connectivity index (χ1) is 24.4. The number of anilines is 2. The van der Waals surface area contributed by atoms with E-state index in [2.05, 4.69) is 25.5 Å². The zero-order valence-corrected chi connectivity index (χ0v) is 27.7. The van der Waals surface area contributed by atoms with E-state index < -0.39 is 53.5 Å². The number of nitrogens with one attached hydrogen (secondary N) is 1. The van der Waals surface area contributed by atoms with Crippen molar-refractivity contribution in [1.29, 1.82) is 0 Å². The van der Waals surface area contributed by atoms with Gasteiger partial charge in [-0.1, -0.05) is 23.7 Å². The number of nitrogens with zero attached hydrogens (tertiary/aromatic N) is 8. The standard InChI is InChI=1S/C33H30ClF3N10O4/c1-44-15-22-21(6-3-8-38)29(23(34)12-27(22)43-44)41-31-42-32(50)46(33(51)45(31)14-20-11-25(36)26(37)13-24(20)35)16-28-39-17-40-47(28)9-7-18-4-2-5-19(10-18)30(48)49/h2,4-5,10-13,15,17H,3,6-9,14,16,38H2,1H3,(H,48,49)(H,41,42,50). The van der Waals surface area contributed by atoms with Crippen LogP contribution in [0.5, 0.6) is 0 Å². The first-order valence-electron chi connectivity index (χ1n) is 15.6. The van der Waals surface area contributed by atoms with E-state index in [0.717, 1.165) is 14.5 Å². The summed E-state index contributed by atoms with van der Waals surface area (Å²) in [4.78, 5) is 47.4. The predicted molar refractivity (Wildman–Crippen MR) is 181 cm³/mol. The molecule has 264 valence electrons. The van der Waals surface area contributed by atoms with Crippen LogP contribution in [0, 0.1) is 17.5 Å². The highest BCUT2D eigenvalue weighted by molar-refractivity contribution is 6.34. The largest absolute Gasteiger partial charge is 0.478 e. The lowest BCUT2D eigenvalue weighted by Crippen LogP contribution is -2.43. The van der Waals surface area contributed by atoms with Gasteiger partial charge in [0.2, 0.25) is 5.95 Å². The number of nitrogens with two attached hydrogens (primary N) is 1. The van der Waals surface area contributed by atoms with Crippen LogP contribution >= 0.6 is 11.6 Å². The van der Waals surface area contributed by atoms with Gasteiger partial charge in [0.1, 0.15) is 18.0 Å². The second-order valence-corrected chi connectivity index (χ2v) is 12.1. The van der Waals surface area contributed by atoms with E-state index in [0.29, 0.717) is 60.3 Å². The SMILES string of the molecule is Cn1cc2c(CCCN)c(Nc3nc(=O)n(Cc4ncnn4CCc4cccc(C(=O)O)c4)c(=O)n3Cc3cc(F)c(F)cc3F)c(Cl)cc2n1. The molecule has 3 heterocycles. The van der Waals surface area contributed by atoms with E-state index in [1.807, 2.05) is 0 Å². The molecule has 0 saturated carbocycles. The number of carboxylic acid groups (broad SMARTS) is 1. The van der Waals surface area contributed by atoms with Crippen molar-refractivity contribution in [3.8, 4) is 0 Å². The molecule has 18 heteroatoms. The van der Waals surface area contributed by atoms with Gasteiger partial charge in [-0.3, -0.25) is 9.25 Å². The highest BCUT2D eigenvalue weighted by Crippen LogP contribution is 2.35. The van der Waals surface area contributed by atoms with E-state index >= 15 is 0 Å². The fourth-order valence-electron chi connectivity index (χ4n) is 5.69. The van der Waals surface area contributed by atoms with Crippen LogP contribution < -0.4 is 22.4 Å². The molecular formula is C33H30ClF3N10O4. The Morgan fingerprint density at radius 1 is 1.02 bits per heavy atom. The summed E-state index contributed by atoms with van der Waals surface area (Å²) in [6.45, 7) is -0.504. The van der Waals surface area contributed by atoms with Gasteiger partial charge in [-0.05, 0) is 61.2 Å². The predicted octanol–water partition coefficient (Wildman–Crippen LogP) is 3.63. The van der Waals surface area contributed by atoms with Gasteiger partial charge < -0.3 is 16.2 Å². The number of aryl methyl sites for hydroxylation is 4. The lowest BCUT2D eigenvalue weighted by molar-refractivity contribution is 0.0696. The summed E-state index contributed by atoms with van der Waals surface area (Å²) in [5.74, 6) is -5.12. The molecule has 0 amide bonds. The van der Waals surface area contributed by atoms with E-state index in [4.69, 9.17) is 17.3 Å². The van der Waals surface area contributed by atoms with Crippen molar-refractivity contribution < 1.29 is 23.1 Å². The molecule has 3 aromatic heterocycles. The summed E-state index contributed by atoms with van der Waals surface area (Å²) >= 11 is 6.70. The quantitative estimate of drug-likeness (QED) is 0.149. The van der Waals surface area contributed by atoms with Crippen LogP contribution in [-0.2, 0) is 39.5 Å². The number of halogens is 4. The molecule has 0 spiro atoms. The summed E-state index contributed by atoms with van der Waals surface area (Å²) in [5.41, 5.74) is 5.79. The van der Waals surface area contributed by atoms with Crippen LogP contribution in [0.15, 0.2) is 64.6 Å². The first-order valence-corrected chi connectivity index (χ1v) is 16.0. The molecule has 0 radical (unpaired) electrons. The summed E-state index contributed by atoms with van der Waals surface area (Å²) in [6, 6.07) is 8.92. The van der Waals surface area contributed by atoms with E-state index in [1.165, 1.54) is 23.1 Å². The lowest BCUT2D eigenvalue weighted by atomic mass is 10.0. The van der Waals surface area contributed by atoms with E-state index in [9.17, 15) is 32.7 Å². The van der Waals surface area contributed by atoms with Crippen molar-refractivity contribution in [3.63, 3.8) is 0 Å². The van der Waals surface area contributed by atoms with Crippen molar-refractivity contribution in [2.24, 2.45) is 12.8 Å². The van der Waals surface area contributed by atoms with Gasteiger partial charge in [0, 0.05) is 36.8 Å². The second kappa shape index (κ2) is 14.6. The Balaban J connectivity index is 1.41. The fraction of sp³-hybridized carbons (Fsp3) is 0.242. The first kappa shape index (κ1) is 35.0. The van der Waals surface area contributed by atoms with Crippen molar-refractivity contribution in [2.75, 3.05) is 11.9 Å². The third-order valence-electron chi connectivity index (χ3n) is 8.20. The van der Waals surface area contributed by atoms with Gasteiger partial charge in [0.25, 0.3) is 0 Å². The molecule has 6 rings (SSSR count). The molecule has 0 aliphatic rings. The zero-order valence-electron chi connectivity index (χ0n) is 27.0. The van der Waals surface area contributed by atoms with Gasteiger partial charge in [0.05, 0.1) is 34.9 Å². The minimum Gasteiger partial charge on any atom is -0.478 e. The minimum absolute atomic E-state index is 0.115. The van der Waals surface area contributed by atoms with Gasteiger partial charge in [-0.2, -0.15) is 15.2 Å². The van der Waals surface area contributed by atoms with Gasteiger partial charge in [0.15, 0.2) is 11.6 Å². The molecule has 0 saturated heterocycles. The maximum Gasteiger partial charge on any atom is 0.355 e. The van der Waals surface area contributed by atoms with Crippen LogP contribution in [0.2, 0.25) is 5.02 Å². The molecule has 3 aromatic carbocycles. The number of hydrogen-bond donors (Lipinski definition) is 3. The molecule has 0 aliphatic heterocycles. The van der Waals surface area contributed by atoms with Crippen molar-refractivity contribution in [3.05, 3.63) is 127 Å². The van der Waals surface area contributed by atoms with Crippen LogP contribution in [0.1, 0.15) is 39.3 Å². The topological polar surface area (TPSA) is 181 Å². The molecule has 0 unspecified atom stereocenters. The van der Waals surface area contributed by atoms with Crippen molar-refractivity contribution >= 4 is 40.1 Å². The van der Waals surface area contributed by atoms with Crippen molar-refractivity contribution in [2.45, 2.75) is 38.9 Å². The fourth-order valence-corrected chi connectivity index (χ4v) is 5.96. The minimum atomic E-state index is -1.42. The smallest absolute Gasteiger partial charge is 0.355 e. The summed E-state index contributed by atoms with van der Waals surface area (Å²) in [6.07, 6.45) is 4.33. The summed E-state index contributed by atoms with van der Waals surface area (Å²) in [5, 5.41) is 21.8. The average molecular weight is 723 g/mol. The van der Waals surface area contributed by atoms with Gasteiger partial charge in [-0.25, -0.2) is 41.8 Å². The third kappa shape index (κ3) is 7.39. The second-order valence-electron chi connectivity index (χ2n) is 11.7. The summed E-state index contributed by atoms with van der Waals surface area (Å²) < 4.78 is 47.8. The number of fused-ring (bicyclic) bond motifs is 1. The lowest BCUT2D eigenvalue weighted by Gasteiger charge is -2.19. The molecule has 14 nitrogen and oxygen atoms in total. The Hall–Kier alpha value is -5.81. The number of carboxylic acids is 1. The maximum atomic E-state index is 15.0. The Bertz CT molecular complexity index is 2410. The number of aromatic carboxylic acids is 1. The Morgan fingerprint density at radius 2 is 1.80 bits per heavy atom. The zero-order chi connectivity index (χ0) is 36.4. The highest BCUT2D eigenvalue weighted by Gasteiger charge is 2.22. The molecular weight excluding hydrogens is 693 g/mol. The molecule has 4 N–H and O–H groups in total. The Morgan fingerprint density at radius 3 is 2.57 bits per heavy atom. The average Bonchev–Trinajstić information content (AvgIpc) is 3.70. The molecule has 51 heavy (non-hydrogen) atoms. The number of hydrogen-bond acceptors (Lipinski definition) is 9. The number of carbonyl (C=O) groups is 1. The maximum absolute atomic E-state index is 15.0. The van der Waals surface area contributed by atoms with E-state index in [-0.39, 0.29) is 28.9 Å². The monoisotopic (exact) mass is 722 g/mol. The van der Waals surface area contributed by atoms with Gasteiger partial charge >= 0.3 is 17.3 Å². The molecule has 0 fully saturated rings. The third-order valence-corrected chi connectivity index (χ3v) is 8.50. The van der Waals surface area contributed by atoms with Crippen LogP contribution in [-0.4, -0.2) is 56.3 Å². The number of rotatable bonds is 13. The Kier molecular flexibility index (Phi) is 10.0. The molecule has 0 bridgehead atoms.